The molecule has 2 aromatic heterocycles. The molecular weight excluding hydrogens is 448 g/mol. The second kappa shape index (κ2) is 11.2. The number of benzene rings is 2. The number of tetrazole rings is 1. The van der Waals surface area contributed by atoms with Crippen LogP contribution in [0.3, 0.4) is 0 Å². The van der Waals surface area contributed by atoms with Crippen molar-refractivity contribution >= 4 is 10.9 Å². The van der Waals surface area contributed by atoms with E-state index in [1.165, 1.54) is 30.4 Å². The van der Waals surface area contributed by atoms with Gasteiger partial charge in [0.1, 0.15) is 0 Å². The molecule has 188 valence electrons. The Kier molecular flexibility index (Phi) is 7.56. The van der Waals surface area contributed by atoms with Crippen LogP contribution in [0.5, 0.6) is 0 Å². The first-order valence-corrected chi connectivity index (χ1v) is 13.3. The van der Waals surface area contributed by atoms with Gasteiger partial charge in [0.25, 0.3) is 5.56 Å². The highest BCUT2D eigenvalue weighted by molar-refractivity contribution is 5.79. The van der Waals surface area contributed by atoms with Gasteiger partial charge in [0.2, 0.25) is 0 Å². The molecule has 4 aromatic rings. The summed E-state index contributed by atoms with van der Waals surface area (Å²) >= 11 is 0. The van der Waals surface area contributed by atoms with E-state index in [0.29, 0.717) is 12.6 Å². The first-order valence-electron chi connectivity index (χ1n) is 13.3. The average molecular weight is 485 g/mol. The zero-order valence-electron chi connectivity index (χ0n) is 21.4. The molecule has 0 saturated heterocycles. The van der Waals surface area contributed by atoms with Crippen LogP contribution in [0.1, 0.15) is 80.0 Å². The van der Waals surface area contributed by atoms with E-state index in [2.05, 4.69) is 74.3 Å². The van der Waals surface area contributed by atoms with Gasteiger partial charge in [0, 0.05) is 24.2 Å². The molecule has 36 heavy (non-hydrogen) atoms. The number of fused-ring (bicyclic) bond motifs is 1. The van der Waals surface area contributed by atoms with E-state index < -0.39 is 0 Å². The fourth-order valence-electron chi connectivity index (χ4n) is 5.58. The van der Waals surface area contributed by atoms with E-state index in [1.807, 2.05) is 24.3 Å². The smallest absolute Gasteiger partial charge is 0.252 e. The minimum absolute atomic E-state index is 0.0262. The quantitative estimate of drug-likeness (QED) is 0.338. The van der Waals surface area contributed by atoms with Crippen molar-refractivity contribution in [3.05, 3.63) is 87.5 Å². The maximum Gasteiger partial charge on any atom is 0.252 e. The number of H-pyrrole nitrogens is 1. The number of aromatic amines is 1. The molecule has 0 aliphatic heterocycles. The first-order chi connectivity index (χ1) is 17.6. The Morgan fingerprint density at radius 3 is 2.67 bits per heavy atom. The van der Waals surface area contributed by atoms with E-state index in [9.17, 15) is 4.79 Å². The van der Waals surface area contributed by atoms with Gasteiger partial charge in [-0.15, -0.1) is 5.10 Å². The van der Waals surface area contributed by atoms with Crippen molar-refractivity contribution in [3.8, 4) is 0 Å². The van der Waals surface area contributed by atoms with Crippen molar-refractivity contribution in [2.45, 2.75) is 77.4 Å². The lowest BCUT2D eigenvalue weighted by Gasteiger charge is -2.32. The summed E-state index contributed by atoms with van der Waals surface area (Å²) < 4.78 is 2.08. The minimum Gasteiger partial charge on any atom is -0.322 e. The summed E-state index contributed by atoms with van der Waals surface area (Å²) in [4.78, 5) is 18.6. The second-order valence-corrected chi connectivity index (χ2v) is 10.1. The molecule has 1 aliphatic rings. The van der Waals surface area contributed by atoms with Gasteiger partial charge in [-0.1, -0.05) is 68.1 Å². The third-order valence-electron chi connectivity index (χ3n) is 7.54. The van der Waals surface area contributed by atoms with Gasteiger partial charge in [0.05, 0.1) is 12.1 Å². The number of nitrogens with one attached hydrogen (secondary N) is 1. The van der Waals surface area contributed by atoms with Crippen LogP contribution in [0.2, 0.25) is 0 Å². The Labute approximate surface area is 212 Å². The highest BCUT2D eigenvalue weighted by Crippen LogP contribution is 2.32. The lowest BCUT2D eigenvalue weighted by atomic mass is 9.95. The van der Waals surface area contributed by atoms with Gasteiger partial charge >= 0.3 is 0 Å². The zero-order valence-corrected chi connectivity index (χ0v) is 21.4. The largest absolute Gasteiger partial charge is 0.322 e. The first kappa shape index (κ1) is 24.4. The number of pyridine rings is 1. The molecule has 0 radical (unpaired) electrons. The van der Waals surface area contributed by atoms with Crippen LogP contribution < -0.4 is 5.56 Å². The molecule has 1 saturated carbocycles. The molecule has 1 N–H and O–H groups in total. The average Bonchev–Trinajstić information content (AvgIpc) is 3.39. The topological polar surface area (TPSA) is 79.7 Å². The molecular formula is C29H36N6O. The van der Waals surface area contributed by atoms with E-state index >= 15 is 0 Å². The molecule has 1 fully saturated rings. The molecule has 0 amide bonds. The zero-order chi connectivity index (χ0) is 24.9. The van der Waals surface area contributed by atoms with Crippen molar-refractivity contribution in [1.29, 1.82) is 0 Å². The Bertz CT molecular complexity index is 1340. The van der Waals surface area contributed by atoms with Crippen LogP contribution in [0.4, 0.5) is 0 Å². The highest BCUT2D eigenvalue weighted by atomic mass is 16.1. The Morgan fingerprint density at radius 2 is 1.89 bits per heavy atom. The van der Waals surface area contributed by atoms with Crippen molar-refractivity contribution in [2.24, 2.45) is 0 Å². The fourth-order valence-corrected chi connectivity index (χ4v) is 5.58. The lowest BCUT2D eigenvalue weighted by Crippen LogP contribution is -2.34. The summed E-state index contributed by atoms with van der Waals surface area (Å²) in [5, 5.41) is 14.2. The van der Waals surface area contributed by atoms with Crippen LogP contribution in [0.25, 0.3) is 10.9 Å². The summed E-state index contributed by atoms with van der Waals surface area (Å²) in [6, 6.07) is 19.1. The third kappa shape index (κ3) is 5.41. The number of hydrogen-bond acceptors (Lipinski definition) is 5. The predicted octanol–water partition coefficient (Wildman–Crippen LogP) is 5.52. The molecule has 1 atom stereocenters. The number of aryl methyl sites for hydroxylation is 1. The molecule has 0 spiro atoms. The Morgan fingerprint density at radius 1 is 1.08 bits per heavy atom. The van der Waals surface area contributed by atoms with Crippen LogP contribution >= 0.6 is 0 Å². The van der Waals surface area contributed by atoms with Crippen LogP contribution in [-0.2, 0) is 13.0 Å². The molecule has 0 bridgehead atoms. The summed E-state index contributed by atoms with van der Waals surface area (Å²) in [5.41, 5.74) is 4.08. The predicted molar refractivity (Wildman–Crippen MR) is 143 cm³/mol. The fraction of sp³-hybridized carbons (Fsp3) is 0.448. The van der Waals surface area contributed by atoms with Gasteiger partial charge in [-0.3, -0.25) is 9.69 Å². The number of nitrogens with zero attached hydrogens (tertiary/aromatic N) is 5. The minimum atomic E-state index is -0.0298. The molecule has 1 aliphatic carbocycles. The molecule has 2 aromatic carbocycles. The van der Waals surface area contributed by atoms with Gasteiger partial charge in [0.15, 0.2) is 5.82 Å². The number of hydrogen-bond donors (Lipinski definition) is 1. The molecule has 0 unspecified atom stereocenters. The normalized spacial score (nSPS) is 15.5. The SMILES string of the molecule is CC[C@@H](c1nnnn1C1CCCCC1)N(CCc1ccccc1)Cc1cc2cc(C)ccc2[nH]c1=O. The van der Waals surface area contributed by atoms with Crippen molar-refractivity contribution in [2.75, 3.05) is 6.54 Å². The van der Waals surface area contributed by atoms with Crippen LogP contribution in [0.15, 0.2) is 59.4 Å². The Balaban J connectivity index is 1.48. The summed E-state index contributed by atoms with van der Waals surface area (Å²) in [7, 11) is 0. The van der Waals surface area contributed by atoms with Crippen molar-refractivity contribution in [3.63, 3.8) is 0 Å². The van der Waals surface area contributed by atoms with E-state index in [1.54, 1.807) is 0 Å². The summed E-state index contributed by atoms with van der Waals surface area (Å²) in [6.07, 6.45) is 7.76. The summed E-state index contributed by atoms with van der Waals surface area (Å²) in [5.74, 6) is 0.922. The summed E-state index contributed by atoms with van der Waals surface area (Å²) in [6.45, 7) is 5.62. The van der Waals surface area contributed by atoms with E-state index in [4.69, 9.17) is 0 Å². The molecule has 2 heterocycles. The lowest BCUT2D eigenvalue weighted by molar-refractivity contribution is 0.165. The maximum atomic E-state index is 13.1. The van der Waals surface area contributed by atoms with E-state index in [0.717, 1.165) is 54.5 Å². The maximum absolute atomic E-state index is 13.1. The third-order valence-corrected chi connectivity index (χ3v) is 7.54. The number of aromatic nitrogens is 5. The monoisotopic (exact) mass is 484 g/mol. The van der Waals surface area contributed by atoms with Crippen LogP contribution in [0, 0.1) is 6.92 Å². The van der Waals surface area contributed by atoms with E-state index in [-0.39, 0.29) is 11.6 Å². The highest BCUT2D eigenvalue weighted by Gasteiger charge is 2.29. The Hall–Kier alpha value is -3.32. The van der Waals surface area contributed by atoms with Gasteiger partial charge in [-0.2, -0.15) is 0 Å². The van der Waals surface area contributed by atoms with Gasteiger partial charge < -0.3 is 4.98 Å². The van der Waals surface area contributed by atoms with Crippen molar-refractivity contribution < 1.29 is 0 Å². The number of rotatable bonds is 9. The second-order valence-electron chi connectivity index (χ2n) is 10.1. The molecule has 7 heteroatoms. The van der Waals surface area contributed by atoms with Crippen molar-refractivity contribution in [1.82, 2.24) is 30.1 Å². The van der Waals surface area contributed by atoms with Gasteiger partial charge in [-0.05, 0) is 72.2 Å². The molecule has 5 rings (SSSR count). The van der Waals surface area contributed by atoms with Crippen LogP contribution in [-0.4, -0.2) is 36.6 Å². The standard InChI is InChI=1S/C29H36N6O/c1-3-27(28-31-32-33-35(28)25-12-8-5-9-13-25)34(17-16-22-10-6-4-7-11-22)20-24-19-23-18-21(2)14-15-26(23)30-29(24)36/h4,6-7,10-11,14-15,18-19,25,27H,3,5,8-9,12-13,16-17,20H2,1-2H3,(H,30,36)/t27-/m0/s1. The molecule has 7 nitrogen and oxygen atoms in total. The van der Waals surface area contributed by atoms with Gasteiger partial charge in [-0.25, -0.2) is 4.68 Å².